The topological polar surface area (TPSA) is 49.4 Å². The zero-order valence-corrected chi connectivity index (χ0v) is 14.1. The van der Waals surface area contributed by atoms with Gasteiger partial charge in [0, 0.05) is 17.1 Å². The summed E-state index contributed by atoms with van der Waals surface area (Å²) in [5.74, 6) is 0.577. The van der Waals surface area contributed by atoms with Gasteiger partial charge in [-0.1, -0.05) is 24.3 Å². The minimum absolute atomic E-state index is 0.0148. The van der Waals surface area contributed by atoms with E-state index >= 15 is 0 Å². The van der Waals surface area contributed by atoms with Crippen molar-refractivity contribution in [1.29, 1.82) is 0 Å². The molecule has 2 aliphatic rings. The summed E-state index contributed by atoms with van der Waals surface area (Å²) in [6, 6.07) is 14.0. The van der Waals surface area contributed by atoms with E-state index in [2.05, 4.69) is 11.4 Å². The quantitative estimate of drug-likeness (QED) is 0.914. The monoisotopic (exact) mass is 338 g/mol. The zero-order valence-electron chi connectivity index (χ0n) is 13.2. The third kappa shape index (κ3) is 2.91. The van der Waals surface area contributed by atoms with Gasteiger partial charge in [-0.25, -0.2) is 0 Å². The number of rotatable bonds is 2. The van der Waals surface area contributed by atoms with Crippen molar-refractivity contribution in [2.75, 3.05) is 22.5 Å². The number of thioether (sulfide) groups is 1. The fourth-order valence-corrected chi connectivity index (χ4v) is 4.09. The van der Waals surface area contributed by atoms with Crippen LogP contribution in [0.5, 0.6) is 0 Å². The Hall–Kier alpha value is -2.27. The Bertz CT molecular complexity index is 819. The van der Waals surface area contributed by atoms with Gasteiger partial charge in [-0.05, 0) is 42.2 Å². The minimum Gasteiger partial charge on any atom is -0.324 e. The van der Waals surface area contributed by atoms with Crippen LogP contribution in [0.4, 0.5) is 11.4 Å². The third-order valence-electron chi connectivity index (χ3n) is 4.44. The summed E-state index contributed by atoms with van der Waals surface area (Å²) >= 11 is 1.54. The van der Waals surface area contributed by atoms with Crippen molar-refractivity contribution in [3.05, 3.63) is 53.6 Å². The van der Waals surface area contributed by atoms with Crippen molar-refractivity contribution in [3.63, 3.8) is 0 Å². The Kier molecular flexibility index (Phi) is 4.02. The maximum atomic E-state index is 12.8. The SMILES string of the molecule is O=C1CSc2ccc(CC(=O)N3CCCc4ccccc43)cc2N1. The first-order valence-corrected chi connectivity index (χ1v) is 9.13. The Morgan fingerprint density at radius 3 is 3.00 bits per heavy atom. The highest BCUT2D eigenvalue weighted by Crippen LogP contribution is 2.32. The van der Waals surface area contributed by atoms with Crippen LogP contribution in [0.25, 0.3) is 0 Å². The van der Waals surface area contributed by atoms with E-state index in [1.54, 1.807) is 0 Å². The van der Waals surface area contributed by atoms with Crippen LogP contribution in [0, 0.1) is 0 Å². The predicted octanol–water partition coefficient (Wildman–Crippen LogP) is 3.25. The maximum Gasteiger partial charge on any atom is 0.234 e. The summed E-state index contributed by atoms with van der Waals surface area (Å²) in [7, 11) is 0. The summed E-state index contributed by atoms with van der Waals surface area (Å²) in [6.07, 6.45) is 2.38. The molecule has 0 saturated carbocycles. The van der Waals surface area contributed by atoms with Gasteiger partial charge in [0.1, 0.15) is 0 Å². The molecule has 0 aliphatic carbocycles. The molecule has 2 aliphatic heterocycles. The number of carbonyl (C=O) groups excluding carboxylic acids is 2. The molecule has 0 spiro atoms. The highest BCUT2D eigenvalue weighted by molar-refractivity contribution is 8.00. The second-order valence-electron chi connectivity index (χ2n) is 6.12. The number of fused-ring (bicyclic) bond motifs is 2. The van der Waals surface area contributed by atoms with Gasteiger partial charge in [0.25, 0.3) is 0 Å². The summed E-state index contributed by atoms with van der Waals surface area (Å²) in [5.41, 5.74) is 4.03. The molecule has 0 fully saturated rings. The molecular formula is C19H18N2O2S. The zero-order chi connectivity index (χ0) is 16.5. The second kappa shape index (κ2) is 6.32. The highest BCUT2D eigenvalue weighted by Gasteiger charge is 2.23. The first-order valence-electron chi connectivity index (χ1n) is 8.14. The first kappa shape index (κ1) is 15.3. The van der Waals surface area contributed by atoms with E-state index in [0.29, 0.717) is 12.2 Å². The van der Waals surface area contributed by atoms with Gasteiger partial charge < -0.3 is 10.2 Å². The van der Waals surface area contributed by atoms with Gasteiger partial charge in [-0.2, -0.15) is 0 Å². The highest BCUT2D eigenvalue weighted by atomic mass is 32.2. The summed E-state index contributed by atoms with van der Waals surface area (Å²) in [6.45, 7) is 0.771. The molecule has 2 heterocycles. The Morgan fingerprint density at radius 1 is 1.21 bits per heavy atom. The molecule has 24 heavy (non-hydrogen) atoms. The van der Waals surface area contributed by atoms with Crippen molar-refractivity contribution >= 4 is 35.0 Å². The smallest absolute Gasteiger partial charge is 0.234 e. The van der Waals surface area contributed by atoms with Gasteiger partial charge >= 0.3 is 0 Å². The van der Waals surface area contributed by atoms with Crippen LogP contribution < -0.4 is 10.2 Å². The van der Waals surface area contributed by atoms with Gasteiger partial charge in [-0.3, -0.25) is 9.59 Å². The second-order valence-corrected chi connectivity index (χ2v) is 7.14. The summed E-state index contributed by atoms with van der Waals surface area (Å²) < 4.78 is 0. The number of nitrogens with one attached hydrogen (secondary N) is 1. The van der Waals surface area contributed by atoms with Crippen molar-refractivity contribution in [1.82, 2.24) is 0 Å². The number of nitrogens with zero attached hydrogens (tertiary/aromatic N) is 1. The molecule has 1 N–H and O–H groups in total. The molecule has 0 unspecified atom stereocenters. The first-order chi connectivity index (χ1) is 11.7. The fraction of sp³-hybridized carbons (Fsp3) is 0.263. The molecule has 2 aromatic rings. The lowest BCUT2D eigenvalue weighted by molar-refractivity contribution is -0.118. The van der Waals surface area contributed by atoms with Gasteiger partial charge in [-0.15, -0.1) is 11.8 Å². The normalized spacial score (nSPS) is 16.2. The van der Waals surface area contributed by atoms with Gasteiger partial charge in [0.05, 0.1) is 17.9 Å². The van der Waals surface area contributed by atoms with E-state index in [9.17, 15) is 9.59 Å². The molecule has 4 nitrogen and oxygen atoms in total. The van der Waals surface area contributed by atoms with E-state index in [0.717, 1.165) is 41.2 Å². The van der Waals surface area contributed by atoms with E-state index in [1.807, 2.05) is 41.3 Å². The molecule has 2 aromatic carbocycles. The minimum atomic E-state index is 0.0148. The summed E-state index contributed by atoms with van der Waals surface area (Å²) in [4.78, 5) is 27.3. The lowest BCUT2D eigenvalue weighted by atomic mass is 10.0. The summed E-state index contributed by atoms with van der Waals surface area (Å²) in [5, 5.41) is 2.88. The van der Waals surface area contributed by atoms with E-state index in [4.69, 9.17) is 0 Å². The fourth-order valence-electron chi connectivity index (χ4n) is 3.30. The van der Waals surface area contributed by atoms with Crippen LogP contribution in [0.3, 0.4) is 0 Å². The number of aryl methyl sites for hydroxylation is 1. The maximum absolute atomic E-state index is 12.8. The number of benzene rings is 2. The number of hydrogen-bond donors (Lipinski definition) is 1. The molecule has 122 valence electrons. The van der Waals surface area contributed by atoms with Crippen LogP contribution in [0.1, 0.15) is 17.5 Å². The van der Waals surface area contributed by atoms with Crippen molar-refractivity contribution in [3.8, 4) is 0 Å². The Morgan fingerprint density at radius 2 is 2.08 bits per heavy atom. The average molecular weight is 338 g/mol. The molecule has 2 amide bonds. The van der Waals surface area contributed by atoms with Gasteiger partial charge in [0.2, 0.25) is 11.8 Å². The lowest BCUT2D eigenvalue weighted by Crippen LogP contribution is -2.36. The van der Waals surface area contributed by atoms with Crippen molar-refractivity contribution in [2.24, 2.45) is 0 Å². The number of anilines is 2. The van der Waals surface area contributed by atoms with E-state index < -0.39 is 0 Å². The average Bonchev–Trinajstić information content (AvgIpc) is 2.61. The molecule has 0 aromatic heterocycles. The van der Waals surface area contributed by atoms with Crippen LogP contribution in [-0.2, 0) is 22.4 Å². The van der Waals surface area contributed by atoms with E-state index in [1.165, 1.54) is 17.3 Å². The van der Waals surface area contributed by atoms with E-state index in [-0.39, 0.29) is 11.8 Å². The van der Waals surface area contributed by atoms with Crippen LogP contribution in [0.15, 0.2) is 47.4 Å². The molecule has 5 heteroatoms. The van der Waals surface area contributed by atoms with Crippen molar-refractivity contribution < 1.29 is 9.59 Å². The van der Waals surface area contributed by atoms with Gasteiger partial charge in [0.15, 0.2) is 0 Å². The van der Waals surface area contributed by atoms with Crippen LogP contribution >= 0.6 is 11.8 Å². The molecular weight excluding hydrogens is 320 g/mol. The molecule has 0 atom stereocenters. The molecule has 0 saturated heterocycles. The van der Waals surface area contributed by atoms with Crippen LogP contribution in [0.2, 0.25) is 0 Å². The lowest BCUT2D eigenvalue weighted by Gasteiger charge is -2.29. The standard InChI is InChI=1S/C19H18N2O2S/c22-18-12-24-17-8-7-13(10-15(17)20-18)11-19(23)21-9-3-5-14-4-1-2-6-16(14)21/h1-2,4,6-8,10H,3,5,9,11-12H2,(H,20,22). The Labute approximate surface area is 145 Å². The van der Waals surface area contributed by atoms with Crippen LogP contribution in [-0.4, -0.2) is 24.1 Å². The number of hydrogen-bond acceptors (Lipinski definition) is 3. The van der Waals surface area contributed by atoms with Crippen molar-refractivity contribution in [2.45, 2.75) is 24.2 Å². The number of amides is 2. The number of para-hydroxylation sites is 1. The largest absolute Gasteiger partial charge is 0.324 e. The number of carbonyl (C=O) groups is 2. The predicted molar refractivity (Wildman–Crippen MR) is 96.6 cm³/mol. The molecule has 0 radical (unpaired) electrons. The Balaban J connectivity index is 1.55. The molecule has 4 rings (SSSR count). The third-order valence-corrected chi connectivity index (χ3v) is 5.52. The molecule has 0 bridgehead atoms.